The molecule has 13 atom stereocenters. The number of fused-ring (bicyclic) bond motifs is 1. The van der Waals surface area contributed by atoms with Crippen molar-refractivity contribution in [2.24, 2.45) is 17.4 Å². The molecule has 35 heteroatoms. The molecule has 4 aromatic rings. The molecule has 0 radical (unpaired) electrons. The molecule has 0 unspecified atom stereocenters. The van der Waals surface area contributed by atoms with Gasteiger partial charge in [0.2, 0.25) is 70.9 Å². The van der Waals surface area contributed by atoms with Crippen molar-refractivity contribution in [3.05, 3.63) is 84.1 Å². The molecule has 1 saturated heterocycles. The number of nitrogens with two attached hydrogens (primary N) is 2. The van der Waals surface area contributed by atoms with Crippen molar-refractivity contribution in [3.8, 4) is 5.75 Å². The van der Waals surface area contributed by atoms with Crippen LogP contribution in [0.4, 0.5) is 0 Å². The number of nitrogens with one attached hydrogen (secondary N) is 12. The lowest BCUT2D eigenvalue weighted by Gasteiger charge is -2.29. The molecular weight excluding hydrogens is 1260 g/mol. The van der Waals surface area contributed by atoms with Crippen LogP contribution in [0.25, 0.3) is 10.9 Å². The van der Waals surface area contributed by atoms with E-state index < -0.39 is 195 Å². The number of benzene rings is 2. The molecule has 0 aliphatic carbocycles. The number of carboxylic acids is 1. The molecule has 524 valence electrons. The Kier molecular flexibility index (Phi) is 29.2. The summed E-state index contributed by atoms with van der Waals surface area (Å²) < 4.78 is 0. The number of likely N-dealkylation sites (tertiary alicyclic amines) is 1. The average Bonchev–Trinajstić information content (AvgIpc) is 1.69. The van der Waals surface area contributed by atoms with Crippen LogP contribution in [0.5, 0.6) is 5.75 Å². The topological polar surface area (TPSA) is 563 Å². The van der Waals surface area contributed by atoms with E-state index in [9.17, 15) is 93.0 Å². The number of aromatic amines is 2. The Hall–Kier alpha value is -10.1. The summed E-state index contributed by atoms with van der Waals surface area (Å²) in [5, 5.41) is 84.6. The third-order valence-corrected chi connectivity index (χ3v) is 15.5. The number of nitrogens with zero attached hydrogens (tertiary/aromatic N) is 2. The molecule has 1 aliphatic heterocycles. The summed E-state index contributed by atoms with van der Waals surface area (Å²) in [7, 11) is 0. The monoisotopic (exact) mass is 1350 g/mol. The number of amides is 12. The van der Waals surface area contributed by atoms with Crippen LogP contribution in [-0.4, -0.2) is 232 Å². The fourth-order valence-electron chi connectivity index (χ4n) is 10.3. The number of carboxylic acid groups (broad SMARTS) is 1. The van der Waals surface area contributed by atoms with Crippen molar-refractivity contribution in [3.63, 3.8) is 0 Å². The molecule has 22 N–H and O–H groups in total. The van der Waals surface area contributed by atoms with Crippen molar-refractivity contribution < 1.29 is 93.0 Å². The van der Waals surface area contributed by atoms with Gasteiger partial charge in [0.1, 0.15) is 66.2 Å². The number of phenolic OH excluding ortho intramolecular Hbond substituents is 1. The number of carbonyl (C=O) groups is 13. The summed E-state index contributed by atoms with van der Waals surface area (Å²) in [6.07, 6.45) is 1.65. The van der Waals surface area contributed by atoms with E-state index >= 15 is 0 Å². The maximum atomic E-state index is 14.6. The fourth-order valence-corrected chi connectivity index (χ4v) is 10.3. The zero-order chi connectivity index (χ0) is 71.1. The number of aromatic hydroxyl groups is 1. The number of para-hydroxylation sites is 1. The van der Waals surface area contributed by atoms with Crippen molar-refractivity contribution in [2.75, 3.05) is 26.4 Å². The number of aromatic nitrogens is 3. The van der Waals surface area contributed by atoms with Gasteiger partial charge in [0, 0.05) is 55.5 Å². The summed E-state index contributed by atoms with van der Waals surface area (Å²) >= 11 is 0. The maximum absolute atomic E-state index is 14.6. The van der Waals surface area contributed by atoms with E-state index in [1.807, 2.05) is 17.4 Å². The molecule has 1 aliphatic rings. The molecule has 2 aromatic carbocycles. The molecule has 0 saturated carbocycles. The van der Waals surface area contributed by atoms with Crippen LogP contribution in [0.1, 0.15) is 83.5 Å². The van der Waals surface area contributed by atoms with Gasteiger partial charge in [-0.05, 0) is 81.7 Å². The van der Waals surface area contributed by atoms with Crippen molar-refractivity contribution in [1.29, 1.82) is 0 Å². The normalized spacial score (nSPS) is 16.6. The lowest BCUT2D eigenvalue weighted by molar-refractivity contribution is -0.145. The average molecular weight is 1350 g/mol. The first kappa shape index (κ1) is 76.6. The molecule has 96 heavy (non-hydrogen) atoms. The maximum Gasteiger partial charge on any atom is 0.328 e. The highest BCUT2D eigenvalue weighted by atomic mass is 16.4. The number of carbonyl (C=O) groups excluding carboxylic acids is 12. The Morgan fingerprint density at radius 2 is 1.10 bits per heavy atom. The van der Waals surface area contributed by atoms with E-state index in [0.717, 1.165) is 24.8 Å². The Bertz CT molecular complexity index is 3380. The van der Waals surface area contributed by atoms with Gasteiger partial charge < -0.3 is 110 Å². The predicted molar refractivity (Wildman–Crippen MR) is 338 cm³/mol. The summed E-state index contributed by atoms with van der Waals surface area (Å²) in [6.45, 7) is 3.94. The molecule has 35 nitrogen and oxygen atoms in total. The summed E-state index contributed by atoms with van der Waals surface area (Å²) in [5.41, 5.74) is 13.2. The lowest BCUT2D eigenvalue weighted by atomic mass is 10.0. The summed E-state index contributed by atoms with van der Waals surface area (Å²) in [4.78, 5) is 187. The van der Waals surface area contributed by atoms with Crippen LogP contribution in [0.15, 0.2) is 67.3 Å². The molecule has 0 bridgehead atoms. The second-order valence-electron chi connectivity index (χ2n) is 23.6. The summed E-state index contributed by atoms with van der Waals surface area (Å²) in [5.74, 6) is -14.2. The van der Waals surface area contributed by atoms with Crippen LogP contribution in [0.2, 0.25) is 0 Å². The minimum atomic E-state index is -1.98. The van der Waals surface area contributed by atoms with Gasteiger partial charge in [-0.2, -0.15) is 0 Å². The molecule has 3 heterocycles. The van der Waals surface area contributed by atoms with Gasteiger partial charge in [-0.1, -0.05) is 44.2 Å². The third kappa shape index (κ3) is 22.6. The molecular formula is C61H86N16O19. The van der Waals surface area contributed by atoms with Gasteiger partial charge in [0.25, 0.3) is 0 Å². The summed E-state index contributed by atoms with van der Waals surface area (Å²) in [6, 6.07) is -6.31. The minimum absolute atomic E-state index is 0.0947. The van der Waals surface area contributed by atoms with Crippen LogP contribution in [-0.2, 0) is 81.6 Å². The fraction of sp³-hybridized carbons (Fsp3) is 0.508. The van der Waals surface area contributed by atoms with Gasteiger partial charge in [-0.3, -0.25) is 57.5 Å². The van der Waals surface area contributed by atoms with Gasteiger partial charge in [0.05, 0.1) is 44.0 Å². The van der Waals surface area contributed by atoms with E-state index in [-0.39, 0.29) is 55.2 Å². The molecule has 0 spiro atoms. The zero-order valence-electron chi connectivity index (χ0n) is 53.5. The number of aliphatic hydroxyl groups is 4. The van der Waals surface area contributed by atoms with Gasteiger partial charge in [0.15, 0.2) is 6.04 Å². The second kappa shape index (κ2) is 36.5. The second-order valence-corrected chi connectivity index (χ2v) is 23.6. The largest absolute Gasteiger partial charge is 0.508 e. The van der Waals surface area contributed by atoms with Crippen molar-refractivity contribution in [2.45, 2.75) is 165 Å². The number of primary amides is 1. The Balaban J connectivity index is 1.31. The first-order chi connectivity index (χ1) is 45.4. The molecule has 2 aromatic heterocycles. The van der Waals surface area contributed by atoms with Crippen molar-refractivity contribution >= 4 is 87.8 Å². The van der Waals surface area contributed by atoms with Gasteiger partial charge in [-0.25, -0.2) is 9.78 Å². The van der Waals surface area contributed by atoms with Crippen LogP contribution < -0.4 is 64.6 Å². The van der Waals surface area contributed by atoms with E-state index in [2.05, 4.69) is 62.8 Å². The smallest absolute Gasteiger partial charge is 0.328 e. The van der Waals surface area contributed by atoms with Crippen LogP contribution in [0, 0.1) is 5.92 Å². The SMILES string of the molecule is CC(C)C[C@H](NC(=O)[C@H](Cc1c[nH]cn1)NC(=O)[C@H](Cc1c[nH]c2ccccc12)NC(=O)[C@@H]1CCCN1C(=O)[C@H](C)N)C(=O)N[C@@H](CO)C(=O)N[C@@H](CO)C(=O)N[C@@H](CCC(N)=O)C(=O)N[C@@H](Cc1ccc(O)cc1)C(=O)N[C@@H](CO)C(=O)N[C@@H](C)C(=O)N[C@H](C(=O)O)[C@@H](C)O. The van der Waals surface area contributed by atoms with E-state index in [1.54, 1.807) is 32.2 Å². The molecule has 1 fully saturated rings. The predicted octanol–water partition coefficient (Wildman–Crippen LogP) is -6.42. The Labute approximate surface area is 550 Å². The number of H-pyrrole nitrogens is 2. The number of imidazole rings is 1. The molecule has 12 amide bonds. The highest BCUT2D eigenvalue weighted by Gasteiger charge is 2.40. The van der Waals surface area contributed by atoms with Gasteiger partial charge >= 0.3 is 5.97 Å². The Morgan fingerprint density at radius 3 is 1.62 bits per heavy atom. The zero-order valence-corrected chi connectivity index (χ0v) is 53.5. The van der Waals surface area contributed by atoms with Crippen LogP contribution >= 0.6 is 0 Å². The quantitative estimate of drug-likeness (QED) is 0.0200. The highest BCUT2D eigenvalue weighted by molar-refractivity contribution is 6.00. The van der Waals surface area contributed by atoms with Crippen LogP contribution in [0.3, 0.4) is 0 Å². The number of aliphatic hydroxyl groups excluding tert-OH is 4. The number of phenols is 1. The minimum Gasteiger partial charge on any atom is -0.508 e. The number of rotatable bonds is 37. The third-order valence-electron chi connectivity index (χ3n) is 15.5. The number of hydrogen-bond acceptors (Lipinski definition) is 20. The highest BCUT2D eigenvalue weighted by Crippen LogP contribution is 2.22. The van der Waals surface area contributed by atoms with Gasteiger partial charge in [-0.15, -0.1) is 0 Å². The standard InChI is InChI=1S/C61H86N16O19/c1-29(2)19-40(69-55(89)43(22-35-24-64-28-66-35)71-54(88)42(21-34-23-65-38-10-7-6-9-37(34)38)72-59(93)47-11-8-18-77(47)60(94)30(3)62)52(86)74-46(27-80)58(92)75-45(26-79)57(91)68-39(16-17-48(63)83)51(85)70-41(20-33-12-14-36(82)15-13-33)53(87)73-44(25-78)56(90)67-31(4)50(84)76-49(32(5)81)61(95)96/h6-7,9-10,12-15,23-24,28-32,39-47,49,65,78-82H,8,11,16-22,25-27,62H2,1-5H3,(H2,63,83)(H,64,66)(H,67,90)(H,68,91)(H,69,89)(H,70,85)(H,71,88)(H,72,93)(H,73,87)(H,74,86)(H,75,92)(H,76,84)(H,95,96)/t30-,31-,32+,39-,40-,41-,42-,43-,44-,45-,46-,47-,49-/m0/s1. The lowest BCUT2D eigenvalue weighted by Crippen LogP contribution is -2.62. The Morgan fingerprint density at radius 1 is 0.604 bits per heavy atom. The van der Waals surface area contributed by atoms with Crippen molar-refractivity contribution in [1.82, 2.24) is 73.0 Å². The van der Waals surface area contributed by atoms with E-state index in [1.165, 1.54) is 48.6 Å². The first-order valence-corrected chi connectivity index (χ1v) is 30.9. The molecule has 5 rings (SSSR count). The van der Waals surface area contributed by atoms with E-state index in [4.69, 9.17) is 11.5 Å². The number of aliphatic carboxylic acids is 1. The van der Waals surface area contributed by atoms with E-state index in [0.29, 0.717) is 12.0 Å². The first-order valence-electron chi connectivity index (χ1n) is 30.9. The number of hydrogen-bond donors (Lipinski definition) is 20.